The smallest absolute Gasteiger partial charge is 0.231 e. The Balaban J connectivity index is 1.29. The van der Waals surface area contributed by atoms with Gasteiger partial charge in [0, 0.05) is 46.3 Å². The first-order valence-corrected chi connectivity index (χ1v) is 10.0. The van der Waals surface area contributed by atoms with Crippen LogP contribution in [0, 0.1) is 0 Å². The van der Waals surface area contributed by atoms with Gasteiger partial charge in [-0.2, -0.15) is 11.8 Å². The van der Waals surface area contributed by atoms with Crippen LogP contribution in [0.25, 0.3) is 10.9 Å². The van der Waals surface area contributed by atoms with E-state index in [-0.39, 0.29) is 12.7 Å². The van der Waals surface area contributed by atoms with Gasteiger partial charge in [-0.3, -0.25) is 9.78 Å². The normalized spacial score (nSPS) is 12.3. The number of hydrogen-bond acceptors (Lipinski definition) is 5. The van der Waals surface area contributed by atoms with Gasteiger partial charge in [0.2, 0.25) is 12.7 Å². The van der Waals surface area contributed by atoms with E-state index in [0.717, 1.165) is 22.2 Å². The van der Waals surface area contributed by atoms with Crippen LogP contribution < -0.4 is 14.8 Å². The van der Waals surface area contributed by atoms with Crippen molar-refractivity contribution in [1.82, 2.24) is 4.98 Å². The Morgan fingerprint density at radius 1 is 1.19 bits per heavy atom. The third-order valence-corrected chi connectivity index (χ3v) is 5.36. The lowest BCUT2D eigenvalue weighted by molar-refractivity contribution is -0.115. The van der Waals surface area contributed by atoms with Crippen molar-refractivity contribution in [3.8, 4) is 11.5 Å². The van der Waals surface area contributed by atoms with Gasteiger partial charge in [0.1, 0.15) is 0 Å². The number of thioether (sulfide) groups is 1. The van der Waals surface area contributed by atoms with E-state index in [0.29, 0.717) is 34.4 Å². The SMILES string of the molecule is O=C(CCSCc1cc(Cl)cc2cccnc12)Nc1ccc2c(c1)OCO2. The number of carbonyl (C=O) groups excluding carboxylic acids is 1. The Hall–Kier alpha value is -2.44. The second kappa shape index (κ2) is 8.06. The molecule has 0 atom stereocenters. The maximum Gasteiger partial charge on any atom is 0.231 e. The first kappa shape index (κ1) is 17.9. The number of amides is 1. The molecule has 5 nitrogen and oxygen atoms in total. The summed E-state index contributed by atoms with van der Waals surface area (Å²) in [6.45, 7) is 0.219. The van der Waals surface area contributed by atoms with Gasteiger partial charge < -0.3 is 14.8 Å². The molecule has 2 heterocycles. The van der Waals surface area contributed by atoms with E-state index < -0.39 is 0 Å². The molecule has 0 radical (unpaired) electrons. The maximum absolute atomic E-state index is 12.2. The fourth-order valence-electron chi connectivity index (χ4n) is 2.88. The van der Waals surface area contributed by atoms with E-state index in [2.05, 4.69) is 10.3 Å². The molecule has 27 heavy (non-hydrogen) atoms. The fraction of sp³-hybridized carbons (Fsp3) is 0.200. The molecule has 1 aliphatic heterocycles. The van der Waals surface area contributed by atoms with Crippen LogP contribution in [-0.4, -0.2) is 23.4 Å². The summed E-state index contributed by atoms with van der Waals surface area (Å²) in [7, 11) is 0. The highest BCUT2D eigenvalue weighted by atomic mass is 35.5. The Morgan fingerprint density at radius 3 is 3.00 bits per heavy atom. The maximum atomic E-state index is 12.2. The highest BCUT2D eigenvalue weighted by Crippen LogP contribution is 2.34. The van der Waals surface area contributed by atoms with E-state index in [1.807, 2.05) is 30.3 Å². The number of nitrogens with one attached hydrogen (secondary N) is 1. The summed E-state index contributed by atoms with van der Waals surface area (Å²) in [6, 6.07) is 13.1. The molecule has 4 rings (SSSR count). The fourth-order valence-corrected chi connectivity index (χ4v) is 4.05. The number of pyridine rings is 1. The molecule has 0 saturated carbocycles. The topological polar surface area (TPSA) is 60.5 Å². The summed E-state index contributed by atoms with van der Waals surface area (Å²) in [5.41, 5.74) is 2.75. The Labute approximate surface area is 166 Å². The molecule has 0 spiro atoms. The van der Waals surface area contributed by atoms with Crippen molar-refractivity contribution in [2.24, 2.45) is 0 Å². The minimum Gasteiger partial charge on any atom is -0.454 e. The van der Waals surface area contributed by atoms with E-state index in [1.165, 1.54) is 0 Å². The summed E-state index contributed by atoms with van der Waals surface area (Å²) in [5, 5.41) is 4.62. The number of nitrogens with zero attached hydrogens (tertiary/aromatic N) is 1. The molecule has 0 bridgehead atoms. The number of halogens is 1. The second-order valence-corrected chi connectivity index (χ2v) is 7.60. The first-order valence-electron chi connectivity index (χ1n) is 8.49. The predicted octanol–water partition coefficient (Wildman–Crippen LogP) is 4.88. The largest absolute Gasteiger partial charge is 0.454 e. The summed E-state index contributed by atoms with van der Waals surface area (Å²) < 4.78 is 10.6. The third kappa shape index (κ3) is 4.28. The molecule has 1 aliphatic rings. The predicted molar refractivity (Wildman–Crippen MR) is 109 cm³/mol. The summed E-state index contributed by atoms with van der Waals surface area (Å²) in [5.74, 6) is 2.78. The Bertz CT molecular complexity index is 996. The van der Waals surface area contributed by atoms with E-state index in [1.54, 1.807) is 30.1 Å². The summed E-state index contributed by atoms with van der Waals surface area (Å²) in [4.78, 5) is 16.6. The molecule has 0 aliphatic carbocycles. The van der Waals surface area contributed by atoms with Crippen LogP contribution in [0.3, 0.4) is 0 Å². The molecular formula is C20H17ClN2O3S. The number of ether oxygens (including phenoxy) is 2. The average molecular weight is 401 g/mol. The summed E-state index contributed by atoms with van der Waals surface area (Å²) in [6.07, 6.45) is 2.20. The van der Waals surface area contributed by atoms with Crippen LogP contribution in [0.4, 0.5) is 5.69 Å². The highest BCUT2D eigenvalue weighted by Gasteiger charge is 2.14. The first-order chi connectivity index (χ1) is 13.2. The van der Waals surface area contributed by atoms with Gasteiger partial charge >= 0.3 is 0 Å². The van der Waals surface area contributed by atoms with Gasteiger partial charge in [-0.15, -0.1) is 0 Å². The molecule has 1 N–H and O–H groups in total. The molecule has 0 saturated heterocycles. The molecule has 138 valence electrons. The van der Waals surface area contributed by atoms with E-state index in [9.17, 15) is 4.79 Å². The number of anilines is 1. The van der Waals surface area contributed by atoms with Crippen LogP contribution in [0.2, 0.25) is 5.02 Å². The second-order valence-electron chi connectivity index (χ2n) is 6.06. The minimum absolute atomic E-state index is 0.0320. The van der Waals surface area contributed by atoms with Gasteiger partial charge in [0.25, 0.3) is 0 Å². The molecule has 1 aromatic heterocycles. The zero-order chi connectivity index (χ0) is 18.6. The number of fused-ring (bicyclic) bond motifs is 2. The minimum atomic E-state index is -0.0320. The van der Waals surface area contributed by atoms with Crippen molar-refractivity contribution in [2.45, 2.75) is 12.2 Å². The quantitative estimate of drug-likeness (QED) is 0.597. The highest BCUT2D eigenvalue weighted by molar-refractivity contribution is 7.98. The third-order valence-electron chi connectivity index (χ3n) is 4.14. The van der Waals surface area contributed by atoms with Crippen molar-refractivity contribution in [1.29, 1.82) is 0 Å². The number of hydrogen-bond donors (Lipinski definition) is 1. The number of carbonyl (C=O) groups is 1. The molecule has 1 amide bonds. The zero-order valence-electron chi connectivity index (χ0n) is 14.4. The van der Waals surface area contributed by atoms with Crippen LogP contribution in [0.15, 0.2) is 48.7 Å². The number of rotatable bonds is 6. The molecule has 3 aromatic rings. The standard InChI is InChI=1S/C20H17ClN2O3S/c21-15-8-13-2-1-6-22-20(13)14(9-15)11-27-7-5-19(24)23-16-3-4-17-18(10-16)26-12-25-17/h1-4,6,8-10H,5,7,11-12H2,(H,23,24). The molecule has 7 heteroatoms. The van der Waals surface area contributed by atoms with Crippen LogP contribution in [-0.2, 0) is 10.5 Å². The average Bonchev–Trinajstić information content (AvgIpc) is 3.12. The van der Waals surface area contributed by atoms with Crippen molar-refractivity contribution in [3.63, 3.8) is 0 Å². The van der Waals surface area contributed by atoms with Gasteiger partial charge in [-0.05, 0) is 35.9 Å². The van der Waals surface area contributed by atoms with E-state index >= 15 is 0 Å². The van der Waals surface area contributed by atoms with Gasteiger partial charge in [-0.1, -0.05) is 17.7 Å². The van der Waals surface area contributed by atoms with Crippen molar-refractivity contribution in [3.05, 3.63) is 59.2 Å². The van der Waals surface area contributed by atoms with Crippen molar-refractivity contribution < 1.29 is 14.3 Å². The van der Waals surface area contributed by atoms with Crippen LogP contribution in [0.5, 0.6) is 11.5 Å². The Morgan fingerprint density at radius 2 is 2.07 bits per heavy atom. The molecule has 0 fully saturated rings. The summed E-state index contributed by atoms with van der Waals surface area (Å²) >= 11 is 7.88. The lowest BCUT2D eigenvalue weighted by Crippen LogP contribution is -2.12. The molecular weight excluding hydrogens is 384 g/mol. The van der Waals surface area contributed by atoms with Crippen LogP contribution in [0.1, 0.15) is 12.0 Å². The zero-order valence-corrected chi connectivity index (χ0v) is 16.0. The van der Waals surface area contributed by atoms with Gasteiger partial charge in [0.15, 0.2) is 11.5 Å². The van der Waals surface area contributed by atoms with E-state index in [4.69, 9.17) is 21.1 Å². The number of benzene rings is 2. The van der Waals surface area contributed by atoms with Crippen molar-refractivity contribution >= 4 is 45.9 Å². The number of aromatic nitrogens is 1. The van der Waals surface area contributed by atoms with Gasteiger partial charge in [-0.25, -0.2) is 0 Å². The lowest BCUT2D eigenvalue weighted by Gasteiger charge is -2.08. The Kier molecular flexibility index (Phi) is 5.36. The van der Waals surface area contributed by atoms with Crippen molar-refractivity contribution in [2.75, 3.05) is 17.9 Å². The lowest BCUT2D eigenvalue weighted by atomic mass is 10.1. The molecule has 2 aromatic carbocycles. The monoisotopic (exact) mass is 400 g/mol. The molecule has 0 unspecified atom stereocenters. The van der Waals surface area contributed by atoms with Gasteiger partial charge in [0.05, 0.1) is 5.52 Å². The van der Waals surface area contributed by atoms with Crippen LogP contribution >= 0.6 is 23.4 Å².